The molecular formula is C15H18N2O3. The van der Waals surface area contributed by atoms with E-state index in [4.69, 9.17) is 9.84 Å². The maximum absolute atomic E-state index is 12.0. The topological polar surface area (TPSA) is 70.6 Å². The first-order valence-corrected chi connectivity index (χ1v) is 6.87. The molecule has 0 aromatic heterocycles. The molecule has 0 unspecified atom stereocenters. The molecule has 2 aliphatic rings. The van der Waals surface area contributed by atoms with Crippen LogP contribution in [-0.2, 0) is 6.42 Å². The zero-order chi connectivity index (χ0) is 13.9. The van der Waals surface area contributed by atoms with Crippen LogP contribution in [0.5, 0.6) is 5.75 Å². The highest BCUT2D eigenvalue weighted by Gasteiger charge is 2.21. The van der Waals surface area contributed by atoms with E-state index in [2.05, 4.69) is 10.6 Å². The highest BCUT2D eigenvalue weighted by Crippen LogP contribution is 2.31. The highest BCUT2D eigenvalue weighted by atomic mass is 16.5. The molecule has 5 heteroatoms. The Labute approximate surface area is 117 Å². The number of rotatable bonds is 3. The molecule has 2 atom stereocenters. The fourth-order valence-electron chi connectivity index (χ4n) is 2.68. The van der Waals surface area contributed by atoms with E-state index in [9.17, 15) is 4.79 Å². The van der Waals surface area contributed by atoms with Gasteiger partial charge in [-0.05, 0) is 18.6 Å². The lowest BCUT2D eigenvalue weighted by molar-refractivity contribution is 0.238. The Hall–Kier alpha value is -2.01. The molecule has 0 fully saturated rings. The number of fused-ring (bicyclic) bond motifs is 1. The summed E-state index contributed by atoms with van der Waals surface area (Å²) in [5.74, 6) is 0.999. The molecule has 1 aliphatic carbocycles. The van der Waals surface area contributed by atoms with Crippen LogP contribution in [0.15, 0.2) is 30.4 Å². The van der Waals surface area contributed by atoms with Gasteiger partial charge in [0.15, 0.2) is 0 Å². The van der Waals surface area contributed by atoms with Crippen LogP contribution in [0.25, 0.3) is 0 Å². The number of carbonyl (C=O) groups excluding carboxylic acids is 1. The van der Waals surface area contributed by atoms with Crippen LogP contribution in [-0.4, -0.2) is 30.4 Å². The number of ether oxygens (including phenoxy) is 1. The van der Waals surface area contributed by atoms with Crippen LogP contribution < -0.4 is 15.4 Å². The summed E-state index contributed by atoms with van der Waals surface area (Å²) in [6.07, 6.45) is 5.44. The summed E-state index contributed by atoms with van der Waals surface area (Å²) >= 11 is 0. The van der Waals surface area contributed by atoms with Crippen molar-refractivity contribution < 1.29 is 14.6 Å². The number of hydrogen-bond donors (Lipinski definition) is 3. The van der Waals surface area contributed by atoms with Crippen molar-refractivity contribution in [2.24, 2.45) is 5.92 Å². The largest absolute Gasteiger partial charge is 0.493 e. The first-order valence-electron chi connectivity index (χ1n) is 6.87. The van der Waals surface area contributed by atoms with E-state index in [1.807, 2.05) is 30.4 Å². The molecule has 1 aromatic carbocycles. The molecule has 1 aliphatic heterocycles. The molecule has 0 bridgehead atoms. The predicted octanol–water partition coefficient (Wildman–Crippen LogP) is 1.68. The third-order valence-corrected chi connectivity index (χ3v) is 3.71. The van der Waals surface area contributed by atoms with Gasteiger partial charge in [-0.15, -0.1) is 0 Å². The van der Waals surface area contributed by atoms with Crippen molar-refractivity contribution in [1.82, 2.24) is 5.32 Å². The van der Waals surface area contributed by atoms with Gasteiger partial charge in [0.05, 0.1) is 6.61 Å². The molecule has 106 valence electrons. The van der Waals surface area contributed by atoms with E-state index in [1.54, 1.807) is 0 Å². The van der Waals surface area contributed by atoms with Gasteiger partial charge in [0, 0.05) is 36.2 Å². The molecule has 0 spiro atoms. The van der Waals surface area contributed by atoms with Gasteiger partial charge >= 0.3 is 6.03 Å². The second-order valence-electron chi connectivity index (χ2n) is 5.15. The molecular weight excluding hydrogens is 256 g/mol. The number of urea groups is 1. The lowest BCUT2D eigenvalue weighted by Gasteiger charge is -2.14. The summed E-state index contributed by atoms with van der Waals surface area (Å²) < 4.78 is 5.47. The molecule has 3 rings (SSSR count). The van der Waals surface area contributed by atoms with Gasteiger partial charge in [-0.25, -0.2) is 4.79 Å². The smallest absolute Gasteiger partial charge is 0.319 e. The standard InChI is InChI=1S/C15H18N2O3/c18-9-10-4-5-11(8-10)16-15(19)17-13-2-1-3-14-12(13)6-7-20-14/h1-5,10-11,18H,6-9H2,(H2,16,17,19)/t10-,11+/m0/s1. The van der Waals surface area contributed by atoms with Crippen LogP contribution in [0.3, 0.4) is 0 Å². The van der Waals surface area contributed by atoms with Crippen LogP contribution in [0, 0.1) is 5.92 Å². The molecule has 1 aromatic rings. The lowest BCUT2D eigenvalue weighted by atomic mass is 10.1. The van der Waals surface area contributed by atoms with Crippen molar-refractivity contribution in [2.75, 3.05) is 18.5 Å². The van der Waals surface area contributed by atoms with Gasteiger partial charge in [-0.3, -0.25) is 0 Å². The maximum atomic E-state index is 12.0. The molecule has 20 heavy (non-hydrogen) atoms. The Morgan fingerprint density at radius 1 is 1.40 bits per heavy atom. The number of carbonyl (C=O) groups is 1. The molecule has 5 nitrogen and oxygen atoms in total. The number of nitrogens with one attached hydrogen (secondary N) is 2. The summed E-state index contributed by atoms with van der Waals surface area (Å²) in [6.45, 7) is 0.791. The number of amides is 2. The van der Waals surface area contributed by atoms with Crippen LogP contribution in [0.4, 0.5) is 10.5 Å². The fourth-order valence-corrected chi connectivity index (χ4v) is 2.68. The van der Waals surface area contributed by atoms with E-state index in [1.165, 1.54) is 0 Å². The van der Waals surface area contributed by atoms with Gasteiger partial charge in [0.25, 0.3) is 0 Å². The highest BCUT2D eigenvalue weighted by molar-refractivity contribution is 5.91. The zero-order valence-electron chi connectivity index (χ0n) is 11.1. The second kappa shape index (κ2) is 5.54. The average molecular weight is 274 g/mol. The molecule has 0 radical (unpaired) electrons. The van der Waals surface area contributed by atoms with Gasteiger partial charge in [-0.2, -0.15) is 0 Å². The van der Waals surface area contributed by atoms with Crippen LogP contribution in [0.2, 0.25) is 0 Å². The first-order chi connectivity index (χ1) is 9.76. The summed E-state index contributed by atoms with van der Waals surface area (Å²) in [4.78, 5) is 12.0. The Morgan fingerprint density at radius 3 is 3.10 bits per heavy atom. The zero-order valence-corrected chi connectivity index (χ0v) is 11.1. The Morgan fingerprint density at radius 2 is 2.30 bits per heavy atom. The van der Waals surface area contributed by atoms with Crippen LogP contribution in [0.1, 0.15) is 12.0 Å². The predicted molar refractivity (Wildman–Crippen MR) is 75.9 cm³/mol. The first kappa shape index (κ1) is 13.0. The summed E-state index contributed by atoms with van der Waals surface area (Å²) in [7, 11) is 0. The normalized spacial score (nSPS) is 23.2. The quantitative estimate of drug-likeness (QED) is 0.734. The Kier molecular flexibility index (Phi) is 3.60. The van der Waals surface area contributed by atoms with E-state index in [-0.39, 0.29) is 24.6 Å². The summed E-state index contributed by atoms with van der Waals surface area (Å²) in [6, 6.07) is 5.43. The van der Waals surface area contributed by atoms with Gasteiger partial charge in [0.2, 0.25) is 0 Å². The monoisotopic (exact) mass is 274 g/mol. The van der Waals surface area contributed by atoms with Crippen molar-refractivity contribution >= 4 is 11.7 Å². The van der Waals surface area contributed by atoms with Crippen molar-refractivity contribution in [3.63, 3.8) is 0 Å². The van der Waals surface area contributed by atoms with Crippen molar-refractivity contribution in [3.8, 4) is 5.75 Å². The van der Waals surface area contributed by atoms with Crippen molar-refractivity contribution in [1.29, 1.82) is 0 Å². The van der Waals surface area contributed by atoms with Crippen LogP contribution >= 0.6 is 0 Å². The number of benzene rings is 1. The second-order valence-corrected chi connectivity index (χ2v) is 5.15. The third-order valence-electron chi connectivity index (χ3n) is 3.71. The number of aliphatic hydroxyl groups is 1. The molecule has 3 N–H and O–H groups in total. The van der Waals surface area contributed by atoms with Gasteiger partial charge in [-0.1, -0.05) is 18.2 Å². The lowest BCUT2D eigenvalue weighted by Crippen LogP contribution is -2.36. The molecule has 0 saturated carbocycles. The average Bonchev–Trinajstić information content (AvgIpc) is 3.07. The van der Waals surface area contributed by atoms with Gasteiger partial charge < -0.3 is 20.5 Å². The Bertz CT molecular complexity index is 542. The SMILES string of the molecule is O=C(Nc1cccc2c1CCO2)N[C@@H]1C=C[C@H](CO)C1. The van der Waals surface area contributed by atoms with Crippen molar-refractivity contribution in [3.05, 3.63) is 35.9 Å². The third kappa shape index (κ3) is 2.63. The van der Waals surface area contributed by atoms with E-state index in [0.29, 0.717) is 6.61 Å². The van der Waals surface area contributed by atoms with Crippen molar-refractivity contribution in [2.45, 2.75) is 18.9 Å². The van der Waals surface area contributed by atoms with Gasteiger partial charge in [0.1, 0.15) is 5.75 Å². The van der Waals surface area contributed by atoms with E-state index >= 15 is 0 Å². The minimum Gasteiger partial charge on any atom is -0.493 e. The Balaban J connectivity index is 1.60. The number of aliphatic hydroxyl groups excluding tert-OH is 1. The molecule has 2 amide bonds. The minimum absolute atomic E-state index is 0.0137. The maximum Gasteiger partial charge on any atom is 0.319 e. The summed E-state index contributed by atoms with van der Waals surface area (Å²) in [5.41, 5.74) is 1.86. The number of anilines is 1. The summed E-state index contributed by atoms with van der Waals surface area (Å²) in [5, 5.41) is 14.8. The fraction of sp³-hybridized carbons (Fsp3) is 0.400. The van der Waals surface area contributed by atoms with E-state index < -0.39 is 0 Å². The molecule has 1 heterocycles. The molecule has 0 saturated heterocycles. The minimum atomic E-state index is -0.224. The number of hydrogen-bond acceptors (Lipinski definition) is 3. The van der Waals surface area contributed by atoms with E-state index in [0.717, 1.165) is 29.8 Å².